The summed E-state index contributed by atoms with van der Waals surface area (Å²) in [7, 11) is 0. The van der Waals surface area contributed by atoms with E-state index in [4.69, 9.17) is 15.7 Å². The summed E-state index contributed by atoms with van der Waals surface area (Å²) in [4.78, 5) is 10.2. The molecule has 144 valence electrons. The lowest BCUT2D eigenvalue weighted by molar-refractivity contribution is 1.29. The minimum Gasteiger partial charge on any atom is -0.398 e. The van der Waals surface area contributed by atoms with Crippen LogP contribution in [0, 0.1) is 0 Å². The molecule has 1 aromatic heterocycles. The Morgan fingerprint density at radius 2 is 1.07 bits per heavy atom. The monoisotopic (exact) mass is 451 g/mol. The summed E-state index contributed by atoms with van der Waals surface area (Å²) < 4.78 is 0.903. The number of hydrogen-bond acceptors (Lipinski definition) is 3. The molecular weight excluding hydrogens is 434 g/mol. The molecule has 30 heavy (non-hydrogen) atoms. The molecule has 0 aliphatic rings. The van der Waals surface area contributed by atoms with Crippen molar-refractivity contribution in [1.29, 1.82) is 0 Å². The summed E-state index contributed by atoms with van der Waals surface area (Å²) >= 11 is 3.68. The number of nitrogens with two attached hydrogens (primary N) is 1. The Kier molecular flexibility index (Phi) is 4.77. The molecule has 5 aromatic rings. The number of hydrogen-bond donors (Lipinski definition) is 1. The second-order valence-electron chi connectivity index (χ2n) is 7.03. The molecule has 0 saturated heterocycles. The van der Waals surface area contributed by atoms with Crippen molar-refractivity contribution in [1.82, 2.24) is 9.97 Å². The van der Waals surface area contributed by atoms with Crippen LogP contribution in [0.15, 0.2) is 102 Å². The van der Waals surface area contributed by atoms with E-state index < -0.39 is 0 Å². The van der Waals surface area contributed by atoms with Crippen LogP contribution in [0.2, 0.25) is 0 Å². The Bertz CT molecular complexity index is 1350. The van der Waals surface area contributed by atoms with Gasteiger partial charge >= 0.3 is 0 Å². The molecule has 0 radical (unpaired) electrons. The fourth-order valence-electron chi connectivity index (χ4n) is 3.66. The normalized spacial score (nSPS) is 11.0. The van der Waals surface area contributed by atoms with Crippen LogP contribution in [0.5, 0.6) is 0 Å². The molecule has 0 spiro atoms. The highest BCUT2D eigenvalue weighted by Gasteiger charge is 2.18. The average Bonchev–Trinajstić information content (AvgIpc) is 2.80. The van der Waals surface area contributed by atoms with E-state index in [1.165, 1.54) is 0 Å². The fraction of sp³-hybridized carbons (Fsp3) is 0. The standard InChI is InChI=1S/C26H18BrN3/c27-21-16-15-20(19-13-7-8-14-22(19)28)25-26(21)30-24(18-11-5-2-6-12-18)23(29-25)17-9-3-1-4-10-17/h1-16H,28H2. The number of nitrogen functional groups attached to an aromatic ring is 1. The maximum atomic E-state index is 6.29. The molecule has 3 nitrogen and oxygen atoms in total. The first kappa shape index (κ1) is 18.5. The highest BCUT2D eigenvalue weighted by atomic mass is 79.9. The summed E-state index contributed by atoms with van der Waals surface area (Å²) in [5.41, 5.74) is 14.3. The molecule has 5 rings (SSSR count). The first-order chi connectivity index (χ1) is 14.7. The SMILES string of the molecule is Nc1ccccc1-c1ccc(Br)c2nc(-c3ccccc3)c(-c3ccccc3)nc12. The largest absolute Gasteiger partial charge is 0.398 e. The van der Waals surface area contributed by atoms with Crippen molar-refractivity contribution in [3.63, 3.8) is 0 Å². The molecule has 0 bridgehead atoms. The van der Waals surface area contributed by atoms with Crippen LogP contribution in [0.25, 0.3) is 44.7 Å². The van der Waals surface area contributed by atoms with Gasteiger partial charge in [0.15, 0.2) is 0 Å². The number of para-hydroxylation sites is 1. The topological polar surface area (TPSA) is 51.8 Å². The van der Waals surface area contributed by atoms with Crippen LogP contribution < -0.4 is 5.73 Å². The maximum Gasteiger partial charge on any atom is 0.104 e. The summed E-state index contributed by atoms with van der Waals surface area (Å²) in [6.07, 6.45) is 0. The van der Waals surface area contributed by atoms with Crippen LogP contribution >= 0.6 is 15.9 Å². The first-order valence-corrected chi connectivity index (χ1v) is 10.5. The van der Waals surface area contributed by atoms with E-state index in [-0.39, 0.29) is 0 Å². The molecule has 2 N–H and O–H groups in total. The predicted octanol–water partition coefficient (Wildman–Crippen LogP) is 6.98. The van der Waals surface area contributed by atoms with Gasteiger partial charge in [0.05, 0.1) is 16.9 Å². The third-order valence-electron chi connectivity index (χ3n) is 5.12. The average molecular weight is 452 g/mol. The van der Waals surface area contributed by atoms with Crippen molar-refractivity contribution in [2.75, 3.05) is 5.73 Å². The highest BCUT2D eigenvalue weighted by Crippen LogP contribution is 2.38. The van der Waals surface area contributed by atoms with Gasteiger partial charge in [0.25, 0.3) is 0 Å². The Labute approximate surface area is 183 Å². The molecule has 0 fully saturated rings. The number of nitrogens with zero attached hydrogens (tertiary/aromatic N) is 2. The zero-order valence-electron chi connectivity index (χ0n) is 16.1. The predicted molar refractivity (Wildman–Crippen MR) is 128 cm³/mol. The smallest absolute Gasteiger partial charge is 0.104 e. The van der Waals surface area contributed by atoms with Gasteiger partial charge in [0, 0.05) is 32.4 Å². The zero-order valence-corrected chi connectivity index (χ0v) is 17.7. The van der Waals surface area contributed by atoms with Gasteiger partial charge in [0.2, 0.25) is 0 Å². The van der Waals surface area contributed by atoms with E-state index in [9.17, 15) is 0 Å². The maximum absolute atomic E-state index is 6.29. The van der Waals surface area contributed by atoms with E-state index in [1.807, 2.05) is 72.8 Å². The molecule has 0 atom stereocenters. The third-order valence-corrected chi connectivity index (χ3v) is 5.76. The summed E-state index contributed by atoms with van der Waals surface area (Å²) in [6.45, 7) is 0. The van der Waals surface area contributed by atoms with E-state index in [1.54, 1.807) is 0 Å². The number of halogens is 1. The van der Waals surface area contributed by atoms with Crippen molar-refractivity contribution >= 4 is 32.7 Å². The number of benzene rings is 4. The van der Waals surface area contributed by atoms with Crippen molar-refractivity contribution in [2.24, 2.45) is 0 Å². The highest BCUT2D eigenvalue weighted by molar-refractivity contribution is 9.10. The van der Waals surface area contributed by atoms with Gasteiger partial charge in [-0.2, -0.15) is 0 Å². The van der Waals surface area contributed by atoms with Gasteiger partial charge in [-0.15, -0.1) is 0 Å². The Balaban J connectivity index is 1.88. The summed E-state index contributed by atoms with van der Waals surface area (Å²) in [6, 6.07) is 32.3. The van der Waals surface area contributed by atoms with E-state index in [2.05, 4.69) is 40.2 Å². The Morgan fingerprint density at radius 3 is 1.67 bits per heavy atom. The molecule has 4 aromatic carbocycles. The lowest BCUT2D eigenvalue weighted by atomic mass is 10.00. The molecule has 0 aliphatic heterocycles. The van der Waals surface area contributed by atoms with Crippen LogP contribution in [-0.2, 0) is 0 Å². The van der Waals surface area contributed by atoms with Crippen LogP contribution in [0.4, 0.5) is 5.69 Å². The minimum atomic E-state index is 0.719. The Morgan fingerprint density at radius 1 is 0.533 bits per heavy atom. The van der Waals surface area contributed by atoms with Gasteiger partial charge in [-0.25, -0.2) is 9.97 Å². The fourth-order valence-corrected chi connectivity index (χ4v) is 4.07. The molecular formula is C26H18BrN3. The van der Waals surface area contributed by atoms with Crippen molar-refractivity contribution in [3.05, 3.63) is 102 Å². The minimum absolute atomic E-state index is 0.719. The Hall–Kier alpha value is -3.50. The summed E-state index contributed by atoms with van der Waals surface area (Å²) in [5, 5.41) is 0. The van der Waals surface area contributed by atoms with E-state index in [0.29, 0.717) is 0 Å². The van der Waals surface area contributed by atoms with E-state index in [0.717, 1.165) is 54.8 Å². The quantitative estimate of drug-likeness (QED) is 0.301. The number of rotatable bonds is 3. The molecule has 0 aliphatic carbocycles. The number of fused-ring (bicyclic) bond motifs is 1. The van der Waals surface area contributed by atoms with Gasteiger partial charge < -0.3 is 5.73 Å². The van der Waals surface area contributed by atoms with Crippen molar-refractivity contribution < 1.29 is 0 Å². The number of aromatic nitrogens is 2. The second kappa shape index (κ2) is 7.73. The van der Waals surface area contributed by atoms with Crippen LogP contribution in [0.1, 0.15) is 0 Å². The second-order valence-corrected chi connectivity index (χ2v) is 7.89. The third kappa shape index (κ3) is 3.25. The van der Waals surface area contributed by atoms with E-state index >= 15 is 0 Å². The van der Waals surface area contributed by atoms with Gasteiger partial charge in [-0.3, -0.25) is 0 Å². The zero-order chi connectivity index (χ0) is 20.5. The van der Waals surface area contributed by atoms with Gasteiger partial charge in [-0.05, 0) is 28.1 Å². The molecule has 4 heteroatoms. The van der Waals surface area contributed by atoms with Crippen LogP contribution in [-0.4, -0.2) is 9.97 Å². The molecule has 0 saturated carbocycles. The van der Waals surface area contributed by atoms with Crippen molar-refractivity contribution in [2.45, 2.75) is 0 Å². The lowest BCUT2D eigenvalue weighted by Gasteiger charge is -2.14. The molecule has 0 amide bonds. The molecule has 1 heterocycles. The van der Waals surface area contributed by atoms with Crippen molar-refractivity contribution in [3.8, 4) is 33.6 Å². The number of anilines is 1. The first-order valence-electron chi connectivity index (χ1n) is 9.68. The van der Waals surface area contributed by atoms with Gasteiger partial charge in [-0.1, -0.05) is 84.9 Å². The summed E-state index contributed by atoms with van der Waals surface area (Å²) in [5.74, 6) is 0. The lowest BCUT2D eigenvalue weighted by Crippen LogP contribution is -1.98. The molecule has 0 unspecified atom stereocenters. The van der Waals surface area contributed by atoms with Gasteiger partial charge in [0.1, 0.15) is 5.52 Å². The van der Waals surface area contributed by atoms with Crippen LogP contribution in [0.3, 0.4) is 0 Å².